The number of rotatable bonds is 7. The summed E-state index contributed by atoms with van der Waals surface area (Å²) in [6.45, 7) is 6.46. The van der Waals surface area contributed by atoms with E-state index in [0.29, 0.717) is 11.6 Å². The van der Waals surface area contributed by atoms with E-state index in [-0.39, 0.29) is 0 Å². The lowest BCUT2D eigenvalue weighted by atomic mass is 9.87. The Morgan fingerprint density at radius 2 is 1.90 bits per heavy atom. The standard InChI is InChI=1S/C17H34N2O/c1-2-19(13-7-9-16-10-8-14-20-16)17(15-18)11-5-3-4-6-12-17/h16H,2-15,18H2,1H3. The van der Waals surface area contributed by atoms with Crippen molar-refractivity contribution in [2.45, 2.75) is 82.8 Å². The van der Waals surface area contributed by atoms with Crippen LogP contribution in [0.1, 0.15) is 71.1 Å². The van der Waals surface area contributed by atoms with Gasteiger partial charge in [0, 0.05) is 18.7 Å². The van der Waals surface area contributed by atoms with E-state index < -0.39 is 0 Å². The second kappa shape index (κ2) is 8.35. The maximum atomic E-state index is 6.21. The third-order valence-corrected chi connectivity index (χ3v) is 5.44. The van der Waals surface area contributed by atoms with Gasteiger partial charge in [0.15, 0.2) is 0 Å². The molecule has 0 aromatic rings. The van der Waals surface area contributed by atoms with Crippen LogP contribution >= 0.6 is 0 Å². The molecule has 0 spiro atoms. The third-order valence-electron chi connectivity index (χ3n) is 5.44. The van der Waals surface area contributed by atoms with Crippen LogP contribution in [0.5, 0.6) is 0 Å². The van der Waals surface area contributed by atoms with Crippen molar-refractivity contribution in [1.82, 2.24) is 4.90 Å². The first-order valence-electron chi connectivity index (χ1n) is 8.87. The summed E-state index contributed by atoms with van der Waals surface area (Å²) >= 11 is 0. The van der Waals surface area contributed by atoms with E-state index >= 15 is 0 Å². The Hall–Kier alpha value is -0.120. The quantitative estimate of drug-likeness (QED) is 0.728. The number of nitrogens with two attached hydrogens (primary N) is 1. The van der Waals surface area contributed by atoms with Gasteiger partial charge in [-0.2, -0.15) is 0 Å². The molecule has 0 radical (unpaired) electrons. The maximum Gasteiger partial charge on any atom is 0.0576 e. The predicted molar refractivity (Wildman–Crippen MR) is 84.9 cm³/mol. The van der Waals surface area contributed by atoms with Crippen LogP contribution in [0.2, 0.25) is 0 Å². The fraction of sp³-hybridized carbons (Fsp3) is 1.00. The Bertz CT molecular complexity index is 256. The van der Waals surface area contributed by atoms with Crippen molar-refractivity contribution >= 4 is 0 Å². The summed E-state index contributed by atoms with van der Waals surface area (Å²) in [5, 5.41) is 0. The summed E-state index contributed by atoms with van der Waals surface area (Å²) < 4.78 is 5.74. The lowest BCUT2D eigenvalue weighted by Crippen LogP contribution is -2.54. The van der Waals surface area contributed by atoms with E-state index in [2.05, 4.69) is 11.8 Å². The van der Waals surface area contributed by atoms with Crippen LogP contribution in [0.25, 0.3) is 0 Å². The zero-order valence-corrected chi connectivity index (χ0v) is 13.4. The van der Waals surface area contributed by atoms with Crippen LogP contribution in [0.3, 0.4) is 0 Å². The summed E-state index contributed by atoms with van der Waals surface area (Å²) in [6, 6.07) is 0. The Morgan fingerprint density at radius 1 is 1.15 bits per heavy atom. The van der Waals surface area contributed by atoms with Gasteiger partial charge in [-0.25, -0.2) is 0 Å². The van der Waals surface area contributed by atoms with Crippen LogP contribution in [0, 0.1) is 0 Å². The average Bonchev–Trinajstić information content (AvgIpc) is 2.87. The smallest absolute Gasteiger partial charge is 0.0576 e. The van der Waals surface area contributed by atoms with Crippen molar-refractivity contribution in [2.75, 3.05) is 26.2 Å². The van der Waals surface area contributed by atoms with Gasteiger partial charge in [0.1, 0.15) is 0 Å². The fourth-order valence-electron chi connectivity index (χ4n) is 4.15. The molecule has 0 aromatic heterocycles. The molecule has 2 rings (SSSR count). The van der Waals surface area contributed by atoms with Gasteiger partial charge in [-0.3, -0.25) is 4.90 Å². The molecule has 3 nitrogen and oxygen atoms in total. The molecular weight excluding hydrogens is 248 g/mol. The zero-order valence-electron chi connectivity index (χ0n) is 13.4. The molecule has 1 aliphatic heterocycles. The van der Waals surface area contributed by atoms with Gasteiger partial charge in [0.2, 0.25) is 0 Å². The lowest BCUT2D eigenvalue weighted by molar-refractivity contribution is 0.0667. The third kappa shape index (κ3) is 4.19. The Balaban J connectivity index is 1.83. The summed E-state index contributed by atoms with van der Waals surface area (Å²) in [5.41, 5.74) is 6.51. The molecule has 0 aromatic carbocycles. The first-order valence-corrected chi connectivity index (χ1v) is 8.87. The molecule has 2 fully saturated rings. The molecule has 1 aliphatic carbocycles. The highest BCUT2D eigenvalue weighted by atomic mass is 16.5. The fourth-order valence-corrected chi connectivity index (χ4v) is 4.15. The van der Waals surface area contributed by atoms with Crippen LogP contribution in [-0.4, -0.2) is 42.8 Å². The van der Waals surface area contributed by atoms with Crippen molar-refractivity contribution in [2.24, 2.45) is 5.73 Å². The van der Waals surface area contributed by atoms with Crippen LogP contribution in [0.4, 0.5) is 0 Å². The second-order valence-corrected chi connectivity index (χ2v) is 6.70. The Kier molecular flexibility index (Phi) is 6.79. The largest absolute Gasteiger partial charge is 0.378 e. The van der Waals surface area contributed by atoms with E-state index in [0.717, 1.165) is 19.7 Å². The van der Waals surface area contributed by atoms with Gasteiger partial charge in [-0.15, -0.1) is 0 Å². The first kappa shape index (κ1) is 16.3. The first-order chi connectivity index (χ1) is 9.80. The van der Waals surface area contributed by atoms with Crippen molar-refractivity contribution < 1.29 is 4.74 Å². The van der Waals surface area contributed by atoms with Crippen molar-refractivity contribution in [3.63, 3.8) is 0 Å². The van der Waals surface area contributed by atoms with Crippen LogP contribution < -0.4 is 5.73 Å². The van der Waals surface area contributed by atoms with Gasteiger partial charge in [0.05, 0.1) is 6.10 Å². The van der Waals surface area contributed by atoms with Gasteiger partial charge >= 0.3 is 0 Å². The highest BCUT2D eigenvalue weighted by molar-refractivity contribution is 4.93. The lowest BCUT2D eigenvalue weighted by Gasteiger charge is -2.43. The molecule has 20 heavy (non-hydrogen) atoms. The summed E-state index contributed by atoms with van der Waals surface area (Å²) in [5.74, 6) is 0. The summed E-state index contributed by atoms with van der Waals surface area (Å²) in [6.07, 6.45) is 13.7. The minimum absolute atomic E-state index is 0.293. The zero-order chi connectivity index (χ0) is 14.3. The number of nitrogens with zero attached hydrogens (tertiary/aromatic N) is 1. The molecule has 2 N–H and O–H groups in total. The highest BCUT2D eigenvalue weighted by Gasteiger charge is 2.34. The number of likely N-dealkylation sites (N-methyl/N-ethyl adjacent to an activating group) is 1. The number of hydrogen-bond acceptors (Lipinski definition) is 3. The SMILES string of the molecule is CCN(CCCC1CCCO1)C1(CN)CCCCCC1. The molecule has 1 heterocycles. The molecule has 1 saturated heterocycles. The van der Waals surface area contributed by atoms with E-state index in [1.807, 2.05) is 0 Å². The Labute approximate surface area is 125 Å². The van der Waals surface area contributed by atoms with Crippen molar-refractivity contribution in [3.05, 3.63) is 0 Å². The normalized spacial score (nSPS) is 26.9. The topological polar surface area (TPSA) is 38.5 Å². The van der Waals surface area contributed by atoms with Gasteiger partial charge in [-0.1, -0.05) is 32.6 Å². The average molecular weight is 282 g/mol. The predicted octanol–water partition coefficient (Wildman–Crippen LogP) is 3.32. The second-order valence-electron chi connectivity index (χ2n) is 6.70. The molecule has 0 amide bonds. The molecule has 0 bridgehead atoms. The van der Waals surface area contributed by atoms with Gasteiger partial charge in [-0.05, 0) is 51.6 Å². The van der Waals surface area contributed by atoms with E-state index in [1.165, 1.54) is 70.8 Å². The number of ether oxygens (including phenoxy) is 1. The molecule has 3 heteroatoms. The monoisotopic (exact) mass is 282 g/mol. The van der Waals surface area contributed by atoms with Crippen LogP contribution in [0.15, 0.2) is 0 Å². The summed E-state index contributed by atoms with van der Waals surface area (Å²) in [7, 11) is 0. The molecule has 2 aliphatic rings. The minimum atomic E-state index is 0.293. The number of hydrogen-bond donors (Lipinski definition) is 1. The molecule has 1 unspecified atom stereocenters. The Morgan fingerprint density at radius 3 is 2.45 bits per heavy atom. The van der Waals surface area contributed by atoms with E-state index in [9.17, 15) is 0 Å². The highest BCUT2D eigenvalue weighted by Crippen LogP contribution is 2.32. The molecule has 1 saturated carbocycles. The molecule has 1 atom stereocenters. The minimum Gasteiger partial charge on any atom is -0.378 e. The van der Waals surface area contributed by atoms with E-state index in [1.54, 1.807) is 0 Å². The van der Waals surface area contributed by atoms with E-state index in [4.69, 9.17) is 10.5 Å². The summed E-state index contributed by atoms with van der Waals surface area (Å²) in [4.78, 5) is 2.69. The maximum absolute atomic E-state index is 6.21. The van der Waals surface area contributed by atoms with Gasteiger partial charge in [0.25, 0.3) is 0 Å². The molecule has 118 valence electrons. The van der Waals surface area contributed by atoms with Gasteiger partial charge < -0.3 is 10.5 Å². The van der Waals surface area contributed by atoms with Crippen molar-refractivity contribution in [3.8, 4) is 0 Å². The molecular formula is C17H34N2O. The van der Waals surface area contributed by atoms with Crippen molar-refractivity contribution in [1.29, 1.82) is 0 Å². The van der Waals surface area contributed by atoms with Crippen LogP contribution in [-0.2, 0) is 4.74 Å².